The average molecular weight is 355 g/mol. The molecule has 0 unspecified atom stereocenters. The van der Waals surface area contributed by atoms with Crippen molar-refractivity contribution in [3.8, 4) is 0 Å². The lowest BCUT2D eigenvalue weighted by Gasteiger charge is -2.23. The van der Waals surface area contributed by atoms with E-state index in [0.29, 0.717) is 30.8 Å². The van der Waals surface area contributed by atoms with Crippen LogP contribution in [0.4, 0.5) is 13.2 Å². The van der Waals surface area contributed by atoms with Gasteiger partial charge in [-0.05, 0) is 18.6 Å². The Labute approximate surface area is 143 Å². The van der Waals surface area contributed by atoms with Gasteiger partial charge in [-0.15, -0.1) is 0 Å². The zero-order valence-corrected chi connectivity index (χ0v) is 13.8. The van der Waals surface area contributed by atoms with Crippen molar-refractivity contribution in [1.29, 1.82) is 5.41 Å². The predicted molar refractivity (Wildman–Crippen MR) is 87.2 cm³/mol. The fourth-order valence-electron chi connectivity index (χ4n) is 2.60. The van der Waals surface area contributed by atoms with Crippen LogP contribution in [0, 0.1) is 5.41 Å². The van der Waals surface area contributed by atoms with E-state index < -0.39 is 17.7 Å². The lowest BCUT2D eigenvalue weighted by Crippen LogP contribution is -2.36. The lowest BCUT2D eigenvalue weighted by molar-refractivity contribution is -0.138. The topological polar surface area (TPSA) is 74.2 Å². The van der Waals surface area contributed by atoms with Gasteiger partial charge in [0.1, 0.15) is 5.71 Å². The zero-order chi connectivity index (χ0) is 18.4. The van der Waals surface area contributed by atoms with E-state index in [9.17, 15) is 18.0 Å². The minimum atomic E-state index is -4.43. The van der Waals surface area contributed by atoms with E-state index >= 15 is 0 Å². The van der Waals surface area contributed by atoms with E-state index in [2.05, 4.69) is 10.6 Å². The van der Waals surface area contributed by atoms with E-state index in [1.165, 1.54) is 12.1 Å². The summed E-state index contributed by atoms with van der Waals surface area (Å²) >= 11 is 0. The summed E-state index contributed by atoms with van der Waals surface area (Å²) in [4.78, 5) is 11.8. The molecule has 25 heavy (non-hydrogen) atoms. The maximum Gasteiger partial charge on any atom is 0.416 e. The Morgan fingerprint density at radius 2 is 2.08 bits per heavy atom. The first-order valence-corrected chi connectivity index (χ1v) is 7.92. The summed E-state index contributed by atoms with van der Waals surface area (Å²) in [5, 5.41) is 14.0. The highest BCUT2D eigenvalue weighted by molar-refractivity contribution is 6.42. The maximum absolute atomic E-state index is 13.1. The number of nitrogens with one attached hydrogen (secondary N) is 3. The Bertz CT molecular complexity index is 684. The van der Waals surface area contributed by atoms with Crippen molar-refractivity contribution in [3.05, 3.63) is 46.7 Å². The first-order valence-electron chi connectivity index (χ1n) is 7.92. The third-order valence-electron chi connectivity index (χ3n) is 3.81. The number of halogens is 3. The van der Waals surface area contributed by atoms with Gasteiger partial charge in [0.05, 0.1) is 12.2 Å². The smallest absolute Gasteiger partial charge is 0.416 e. The molecule has 0 aliphatic carbocycles. The monoisotopic (exact) mass is 355 g/mol. The third-order valence-corrected chi connectivity index (χ3v) is 3.81. The van der Waals surface area contributed by atoms with Crippen molar-refractivity contribution in [3.63, 3.8) is 0 Å². The first-order chi connectivity index (χ1) is 11.8. The number of hydrogen-bond donors (Lipinski definition) is 3. The van der Waals surface area contributed by atoms with Crippen LogP contribution in [0.15, 0.2) is 35.5 Å². The largest absolute Gasteiger partial charge is 0.461 e. The SMILES string of the molecule is CCOC(=O)C(=N)C1=C(NCc2ccccc2C(F)(F)F)CCNC1. The number of benzene rings is 1. The predicted octanol–water partition coefficient (Wildman–Crippen LogP) is 2.63. The molecule has 136 valence electrons. The van der Waals surface area contributed by atoms with Crippen LogP contribution < -0.4 is 10.6 Å². The van der Waals surface area contributed by atoms with Crippen molar-refractivity contribution >= 4 is 11.7 Å². The molecule has 0 aromatic heterocycles. The number of carbonyl (C=O) groups excluding carboxylic acids is 1. The second-order valence-corrected chi connectivity index (χ2v) is 5.49. The molecular weight excluding hydrogens is 335 g/mol. The van der Waals surface area contributed by atoms with Gasteiger partial charge < -0.3 is 15.4 Å². The summed E-state index contributed by atoms with van der Waals surface area (Å²) in [5.41, 5.74) is 0.158. The van der Waals surface area contributed by atoms with Crippen LogP contribution in [-0.2, 0) is 22.3 Å². The number of rotatable bonds is 6. The van der Waals surface area contributed by atoms with Gasteiger partial charge >= 0.3 is 12.1 Å². The Morgan fingerprint density at radius 3 is 2.76 bits per heavy atom. The van der Waals surface area contributed by atoms with Gasteiger partial charge in [0.25, 0.3) is 0 Å². The lowest BCUT2D eigenvalue weighted by atomic mass is 10.0. The van der Waals surface area contributed by atoms with Crippen LogP contribution in [0.3, 0.4) is 0 Å². The molecule has 1 aliphatic rings. The van der Waals surface area contributed by atoms with Crippen LogP contribution in [0.2, 0.25) is 0 Å². The molecule has 0 atom stereocenters. The molecule has 1 aromatic carbocycles. The summed E-state index contributed by atoms with van der Waals surface area (Å²) in [6.45, 7) is 2.67. The first kappa shape index (κ1) is 19.0. The third kappa shape index (κ3) is 4.82. The normalized spacial score (nSPS) is 15.0. The quantitative estimate of drug-likeness (QED) is 0.542. The summed E-state index contributed by atoms with van der Waals surface area (Å²) in [6.07, 6.45) is -3.94. The molecule has 0 fully saturated rings. The number of hydrogen-bond acceptors (Lipinski definition) is 5. The fraction of sp³-hybridized carbons (Fsp3) is 0.412. The Balaban J connectivity index is 2.20. The molecule has 0 saturated heterocycles. The summed E-state index contributed by atoms with van der Waals surface area (Å²) in [7, 11) is 0. The van der Waals surface area contributed by atoms with Crippen LogP contribution in [0.1, 0.15) is 24.5 Å². The number of ether oxygens (including phenoxy) is 1. The number of alkyl halides is 3. The minimum absolute atomic E-state index is 0.0371. The Morgan fingerprint density at radius 1 is 1.36 bits per heavy atom. The van der Waals surface area contributed by atoms with Crippen molar-refractivity contribution in [2.75, 3.05) is 19.7 Å². The number of carbonyl (C=O) groups is 1. The van der Waals surface area contributed by atoms with E-state index in [0.717, 1.165) is 6.07 Å². The molecule has 0 bridgehead atoms. The zero-order valence-electron chi connectivity index (χ0n) is 13.8. The molecule has 8 heteroatoms. The molecule has 0 radical (unpaired) electrons. The molecule has 1 aromatic rings. The van der Waals surface area contributed by atoms with Crippen LogP contribution >= 0.6 is 0 Å². The molecule has 0 saturated carbocycles. The molecular formula is C17H20F3N3O2. The van der Waals surface area contributed by atoms with Gasteiger partial charge in [-0.1, -0.05) is 18.2 Å². The molecule has 1 heterocycles. The van der Waals surface area contributed by atoms with Crippen molar-refractivity contribution in [2.45, 2.75) is 26.1 Å². The maximum atomic E-state index is 13.1. The Kier molecular flexibility index (Phi) is 6.19. The summed E-state index contributed by atoms with van der Waals surface area (Å²) in [6, 6.07) is 5.34. The molecule has 5 nitrogen and oxygen atoms in total. The molecule has 0 spiro atoms. The van der Waals surface area contributed by atoms with Crippen molar-refractivity contribution < 1.29 is 22.7 Å². The molecule has 2 rings (SSSR count). The van der Waals surface area contributed by atoms with E-state index in [1.54, 1.807) is 13.0 Å². The van der Waals surface area contributed by atoms with Crippen LogP contribution in [-0.4, -0.2) is 31.4 Å². The van der Waals surface area contributed by atoms with Crippen molar-refractivity contribution in [1.82, 2.24) is 10.6 Å². The highest BCUT2D eigenvalue weighted by atomic mass is 19.4. The number of esters is 1. The van der Waals surface area contributed by atoms with Crippen LogP contribution in [0.25, 0.3) is 0 Å². The standard InChI is InChI=1S/C17H20F3N3O2/c1-2-25-16(24)15(21)12-10-22-8-7-14(12)23-9-11-5-3-4-6-13(11)17(18,19)20/h3-6,21-23H,2,7-10H2,1H3. The van der Waals surface area contributed by atoms with Gasteiger partial charge in [-0.3, -0.25) is 5.41 Å². The minimum Gasteiger partial charge on any atom is -0.461 e. The van der Waals surface area contributed by atoms with Gasteiger partial charge in [0.15, 0.2) is 0 Å². The van der Waals surface area contributed by atoms with Gasteiger partial charge in [0.2, 0.25) is 0 Å². The van der Waals surface area contributed by atoms with E-state index in [4.69, 9.17) is 10.1 Å². The van der Waals surface area contributed by atoms with E-state index in [1.807, 2.05) is 0 Å². The highest BCUT2D eigenvalue weighted by Gasteiger charge is 2.33. The van der Waals surface area contributed by atoms with Gasteiger partial charge in [-0.2, -0.15) is 13.2 Å². The van der Waals surface area contributed by atoms with Gasteiger partial charge in [-0.25, -0.2) is 4.79 Å². The summed E-state index contributed by atoms with van der Waals surface area (Å²) in [5.74, 6) is -0.740. The fourth-order valence-corrected chi connectivity index (χ4v) is 2.60. The second kappa shape index (κ2) is 8.15. The highest BCUT2D eigenvalue weighted by Crippen LogP contribution is 2.32. The molecule has 3 N–H and O–H groups in total. The van der Waals surface area contributed by atoms with Gasteiger partial charge in [0, 0.05) is 37.3 Å². The molecule has 1 aliphatic heterocycles. The average Bonchev–Trinajstić information content (AvgIpc) is 2.59. The Hall–Kier alpha value is -2.35. The van der Waals surface area contributed by atoms with E-state index in [-0.39, 0.29) is 24.4 Å². The molecule has 0 amide bonds. The van der Waals surface area contributed by atoms with Crippen molar-refractivity contribution in [2.24, 2.45) is 0 Å². The summed E-state index contributed by atoms with van der Waals surface area (Å²) < 4.78 is 44.0. The van der Waals surface area contributed by atoms with Crippen LogP contribution in [0.5, 0.6) is 0 Å². The second-order valence-electron chi connectivity index (χ2n) is 5.49.